The van der Waals surface area contributed by atoms with Crippen molar-refractivity contribution in [1.82, 2.24) is 14.9 Å². The molecule has 1 unspecified atom stereocenters. The number of nitrogens with zero attached hydrogens (tertiary/aromatic N) is 2. The Morgan fingerprint density at radius 2 is 2.22 bits per heavy atom. The van der Waals surface area contributed by atoms with E-state index in [9.17, 15) is 4.79 Å². The van der Waals surface area contributed by atoms with Crippen LogP contribution >= 0.6 is 0 Å². The fourth-order valence-corrected chi connectivity index (χ4v) is 1.75. The van der Waals surface area contributed by atoms with Crippen LogP contribution in [0.4, 0.5) is 10.6 Å². The number of rotatable bonds is 3. The number of aromatic amines is 1. The molecule has 2 rings (SSSR count). The van der Waals surface area contributed by atoms with Gasteiger partial charge in [0, 0.05) is 29.4 Å². The summed E-state index contributed by atoms with van der Waals surface area (Å²) in [7, 11) is 4.04. The average molecular weight is 247 g/mol. The van der Waals surface area contributed by atoms with Gasteiger partial charge in [-0.15, -0.1) is 0 Å². The monoisotopic (exact) mass is 247 g/mol. The van der Waals surface area contributed by atoms with Gasteiger partial charge < -0.3 is 15.6 Å². The van der Waals surface area contributed by atoms with Gasteiger partial charge in [0.2, 0.25) is 0 Å². The van der Waals surface area contributed by atoms with Gasteiger partial charge in [-0.1, -0.05) is 0 Å². The highest BCUT2D eigenvalue weighted by atomic mass is 16.2. The van der Waals surface area contributed by atoms with Gasteiger partial charge in [0.25, 0.3) is 0 Å². The average Bonchev–Trinajstić information content (AvgIpc) is 2.69. The zero-order valence-corrected chi connectivity index (χ0v) is 10.7. The van der Waals surface area contributed by atoms with E-state index in [-0.39, 0.29) is 6.04 Å². The number of fused-ring (bicyclic) bond motifs is 1. The van der Waals surface area contributed by atoms with Crippen molar-refractivity contribution in [1.29, 1.82) is 0 Å². The number of pyridine rings is 1. The Bertz CT molecular complexity index is 575. The van der Waals surface area contributed by atoms with Gasteiger partial charge in [-0.25, -0.2) is 9.78 Å². The summed E-state index contributed by atoms with van der Waals surface area (Å²) in [5.41, 5.74) is 7.09. The number of primary amides is 1. The number of H-pyrrole nitrogens is 1. The molecule has 0 radical (unpaired) electrons. The van der Waals surface area contributed by atoms with Crippen molar-refractivity contribution < 1.29 is 4.79 Å². The topological polar surface area (TPSA) is 87.0 Å². The van der Waals surface area contributed by atoms with Crippen molar-refractivity contribution in [2.45, 2.75) is 13.0 Å². The van der Waals surface area contributed by atoms with Crippen LogP contribution in [0.1, 0.15) is 18.7 Å². The summed E-state index contributed by atoms with van der Waals surface area (Å²) < 4.78 is 0. The van der Waals surface area contributed by atoms with Gasteiger partial charge in [0.05, 0.1) is 5.52 Å². The lowest BCUT2D eigenvalue weighted by molar-refractivity contribution is 0.259. The zero-order valence-electron chi connectivity index (χ0n) is 10.7. The largest absolute Gasteiger partial charge is 0.357 e. The van der Waals surface area contributed by atoms with Crippen molar-refractivity contribution in [3.63, 3.8) is 0 Å². The van der Waals surface area contributed by atoms with Crippen LogP contribution < -0.4 is 11.1 Å². The number of urea groups is 1. The number of carbonyl (C=O) groups is 1. The van der Waals surface area contributed by atoms with Gasteiger partial charge in [-0.05, 0) is 27.1 Å². The number of hydrogen-bond donors (Lipinski definition) is 3. The molecule has 96 valence electrons. The lowest BCUT2D eigenvalue weighted by Crippen LogP contribution is -2.19. The maximum absolute atomic E-state index is 10.8. The second kappa shape index (κ2) is 4.66. The Hall–Kier alpha value is -2.08. The number of aromatic nitrogens is 2. The highest BCUT2D eigenvalue weighted by Crippen LogP contribution is 2.23. The number of nitrogens with one attached hydrogen (secondary N) is 2. The van der Waals surface area contributed by atoms with E-state index >= 15 is 0 Å². The van der Waals surface area contributed by atoms with Crippen molar-refractivity contribution in [3.05, 3.63) is 24.0 Å². The quantitative estimate of drug-likeness (QED) is 0.771. The molecule has 0 aliphatic rings. The maximum Gasteiger partial charge on any atom is 0.317 e. The molecule has 2 amide bonds. The third kappa shape index (κ3) is 2.43. The summed E-state index contributed by atoms with van der Waals surface area (Å²) in [6.45, 7) is 2.11. The van der Waals surface area contributed by atoms with E-state index in [1.54, 1.807) is 12.3 Å². The van der Waals surface area contributed by atoms with E-state index in [1.807, 2.05) is 14.1 Å². The Morgan fingerprint density at radius 1 is 1.50 bits per heavy atom. The summed E-state index contributed by atoms with van der Waals surface area (Å²) in [6, 6.07) is 3.49. The second-order valence-electron chi connectivity index (χ2n) is 4.51. The van der Waals surface area contributed by atoms with Crippen LogP contribution in [0.5, 0.6) is 0 Å². The van der Waals surface area contributed by atoms with Gasteiger partial charge in [-0.3, -0.25) is 5.32 Å². The van der Waals surface area contributed by atoms with Crippen LogP contribution in [0.2, 0.25) is 0 Å². The Kier molecular flexibility index (Phi) is 3.20. The molecule has 0 saturated carbocycles. The Balaban J connectivity index is 2.36. The Labute approximate surface area is 105 Å². The number of amides is 2. The summed E-state index contributed by atoms with van der Waals surface area (Å²) in [5.74, 6) is 0.445. The molecule has 2 aromatic rings. The first-order valence-corrected chi connectivity index (χ1v) is 5.69. The first-order valence-electron chi connectivity index (χ1n) is 5.69. The van der Waals surface area contributed by atoms with Gasteiger partial charge >= 0.3 is 6.03 Å². The lowest BCUT2D eigenvalue weighted by Gasteiger charge is -2.17. The molecule has 1 atom stereocenters. The molecule has 18 heavy (non-hydrogen) atoms. The molecule has 0 spiro atoms. The van der Waals surface area contributed by atoms with Crippen molar-refractivity contribution in [3.8, 4) is 0 Å². The predicted molar refractivity (Wildman–Crippen MR) is 71.4 cm³/mol. The standard InChI is InChI=1S/C12H17N5O/c1-7(17(2)3)9-4-8-6-14-11(16-12(13)18)5-10(8)15-9/h4-7,15H,1-3H3,(H3,13,14,16,18). The third-order valence-corrected chi connectivity index (χ3v) is 3.00. The van der Waals surface area contributed by atoms with Gasteiger partial charge in [0.15, 0.2) is 0 Å². The summed E-state index contributed by atoms with van der Waals surface area (Å²) in [6.07, 6.45) is 1.71. The first kappa shape index (κ1) is 12.4. The molecule has 0 aliphatic carbocycles. The second-order valence-corrected chi connectivity index (χ2v) is 4.51. The van der Waals surface area contributed by atoms with Crippen LogP contribution in [0.25, 0.3) is 10.9 Å². The molecule has 4 N–H and O–H groups in total. The molecule has 2 heterocycles. The van der Waals surface area contributed by atoms with E-state index < -0.39 is 6.03 Å². The molecule has 0 aliphatic heterocycles. The van der Waals surface area contributed by atoms with Crippen molar-refractivity contribution >= 4 is 22.8 Å². The minimum Gasteiger partial charge on any atom is -0.357 e. The van der Waals surface area contributed by atoms with E-state index in [1.165, 1.54) is 0 Å². The molecule has 0 saturated heterocycles. The van der Waals surface area contributed by atoms with Crippen LogP contribution in [-0.4, -0.2) is 35.0 Å². The maximum atomic E-state index is 10.8. The summed E-state index contributed by atoms with van der Waals surface area (Å²) in [4.78, 5) is 20.3. The van der Waals surface area contributed by atoms with Gasteiger partial charge in [0.1, 0.15) is 5.82 Å². The molecule has 0 fully saturated rings. The van der Waals surface area contributed by atoms with Crippen LogP contribution in [0.3, 0.4) is 0 Å². The predicted octanol–water partition coefficient (Wildman–Crippen LogP) is 1.68. The summed E-state index contributed by atoms with van der Waals surface area (Å²) >= 11 is 0. The highest BCUT2D eigenvalue weighted by molar-refractivity contribution is 5.90. The smallest absolute Gasteiger partial charge is 0.317 e. The third-order valence-electron chi connectivity index (χ3n) is 3.00. The van der Waals surface area contributed by atoms with Gasteiger partial charge in [-0.2, -0.15) is 0 Å². The number of nitrogens with two attached hydrogens (primary N) is 1. The van der Waals surface area contributed by atoms with Crippen LogP contribution in [-0.2, 0) is 0 Å². The van der Waals surface area contributed by atoms with E-state index in [4.69, 9.17) is 5.73 Å². The van der Waals surface area contributed by atoms with Crippen molar-refractivity contribution in [2.75, 3.05) is 19.4 Å². The fraction of sp³-hybridized carbons (Fsp3) is 0.333. The molecule has 2 aromatic heterocycles. The molecule has 0 bridgehead atoms. The van der Waals surface area contributed by atoms with E-state index in [2.05, 4.69) is 33.2 Å². The summed E-state index contributed by atoms with van der Waals surface area (Å²) in [5, 5.41) is 3.46. The Morgan fingerprint density at radius 3 is 2.83 bits per heavy atom. The normalized spacial score (nSPS) is 12.9. The zero-order chi connectivity index (χ0) is 13.3. The SMILES string of the molecule is CC(c1cc2cnc(NC(N)=O)cc2[nH]1)N(C)C. The van der Waals surface area contributed by atoms with Crippen LogP contribution in [0, 0.1) is 0 Å². The number of anilines is 1. The van der Waals surface area contributed by atoms with Crippen LogP contribution in [0.15, 0.2) is 18.3 Å². The number of hydrogen-bond acceptors (Lipinski definition) is 3. The lowest BCUT2D eigenvalue weighted by atomic mass is 10.2. The van der Waals surface area contributed by atoms with E-state index in [0.29, 0.717) is 5.82 Å². The molecular weight excluding hydrogens is 230 g/mol. The highest BCUT2D eigenvalue weighted by Gasteiger charge is 2.11. The molecule has 0 aromatic carbocycles. The molecule has 6 nitrogen and oxygen atoms in total. The van der Waals surface area contributed by atoms with Crippen molar-refractivity contribution in [2.24, 2.45) is 5.73 Å². The minimum atomic E-state index is -0.615. The first-order chi connectivity index (χ1) is 8.47. The minimum absolute atomic E-state index is 0.282. The molecule has 6 heteroatoms. The number of carbonyl (C=O) groups excluding carboxylic acids is 1. The fourth-order valence-electron chi connectivity index (χ4n) is 1.75. The molecular formula is C12H17N5O. The van der Waals surface area contributed by atoms with E-state index in [0.717, 1.165) is 16.6 Å².